The molecule has 0 saturated heterocycles. The van der Waals surface area contributed by atoms with Crippen molar-refractivity contribution in [2.24, 2.45) is 0 Å². The summed E-state index contributed by atoms with van der Waals surface area (Å²) in [5, 5.41) is 0. The number of H-pyrrole nitrogens is 1. The molecule has 0 unspecified atom stereocenters. The molecule has 0 fully saturated rings. The second-order valence-corrected chi connectivity index (χ2v) is 2.81. The topological polar surface area (TPSA) is 32.9 Å². The first kappa shape index (κ1) is 17.8. The Morgan fingerprint density at radius 2 is 1.82 bits per heavy atom. The molecule has 0 aliphatic carbocycles. The van der Waals surface area contributed by atoms with Crippen LogP contribution in [0.3, 0.4) is 0 Å². The van der Waals surface area contributed by atoms with E-state index >= 15 is 0 Å². The number of nitrogens with one attached hydrogen (secondary N) is 1. The van der Waals surface area contributed by atoms with Gasteiger partial charge in [0.05, 0.1) is 5.69 Å². The molecular weight excluding hydrogens is 210 g/mol. The average molecular weight is 235 g/mol. The number of hydrogen-bond acceptors (Lipinski definition) is 1. The number of ketones is 1. The van der Waals surface area contributed by atoms with Crippen molar-refractivity contribution in [3.8, 4) is 0 Å². The third kappa shape index (κ3) is 5.91. The molecule has 0 radical (unpaired) electrons. The molecule has 0 aliphatic rings. The third-order valence-corrected chi connectivity index (χ3v) is 1.81. The summed E-state index contributed by atoms with van der Waals surface area (Å²) < 4.78 is 0. The summed E-state index contributed by atoms with van der Waals surface area (Å²) in [5.74, 6) is 0.0406. The van der Waals surface area contributed by atoms with Crippen LogP contribution in [0.1, 0.15) is 63.3 Å². The lowest BCUT2D eigenvalue weighted by molar-refractivity contribution is 0.101. The number of carbonyl (C=O) groups is 1. The monoisotopic (exact) mass is 235 g/mol. The molecule has 0 aliphatic heterocycles. The fourth-order valence-electron chi connectivity index (χ4n) is 1.16. The van der Waals surface area contributed by atoms with Crippen molar-refractivity contribution in [2.75, 3.05) is 0 Å². The van der Waals surface area contributed by atoms with Gasteiger partial charge in [-0.05, 0) is 24.6 Å². The van der Waals surface area contributed by atoms with Gasteiger partial charge >= 0.3 is 0 Å². The normalized spacial score (nSPS) is 8.82. The molecule has 0 atom stereocenters. The van der Waals surface area contributed by atoms with Crippen molar-refractivity contribution < 1.29 is 4.79 Å². The van der Waals surface area contributed by atoms with Crippen molar-refractivity contribution in [2.45, 2.75) is 41.5 Å². The highest BCUT2D eigenvalue weighted by Gasteiger charge is 2.05. The van der Waals surface area contributed by atoms with Gasteiger partial charge in [0.1, 0.15) is 0 Å². The van der Waals surface area contributed by atoms with Crippen LogP contribution in [0.5, 0.6) is 0 Å². The van der Waals surface area contributed by atoms with Gasteiger partial charge in [0.2, 0.25) is 0 Å². The number of rotatable bonds is 3. The fraction of sp³-hybridized carbons (Fsp3) is 0.400. The van der Waals surface area contributed by atoms with E-state index in [1.54, 1.807) is 6.08 Å². The largest absolute Gasteiger partial charge is 0.352 e. The SMILES string of the molecule is C=Cc1[nH]c(C(C)=O)cc1/C=C\C.CC.CC. The Morgan fingerprint density at radius 1 is 1.29 bits per heavy atom. The standard InChI is InChI=1S/C11H13NO.2C2H6/c1-4-6-9-7-11(8(3)13)12-10(9)5-2;2*1-2/h4-7,12H,2H2,1,3H3;2*1-2H3/b6-4-;;. The maximum Gasteiger partial charge on any atom is 0.175 e. The van der Waals surface area contributed by atoms with Crippen LogP contribution in [-0.2, 0) is 0 Å². The van der Waals surface area contributed by atoms with E-state index in [1.807, 2.05) is 52.8 Å². The van der Waals surface area contributed by atoms with E-state index in [4.69, 9.17) is 0 Å². The zero-order valence-electron chi connectivity index (χ0n) is 11.9. The highest BCUT2D eigenvalue weighted by Crippen LogP contribution is 2.14. The summed E-state index contributed by atoms with van der Waals surface area (Å²) >= 11 is 0. The first-order chi connectivity index (χ1) is 8.19. The first-order valence-corrected chi connectivity index (χ1v) is 6.18. The number of Topliss-reactive ketones (excluding diaryl/α,β-unsaturated/α-hetero) is 1. The van der Waals surface area contributed by atoms with Crippen LogP contribution in [-0.4, -0.2) is 10.8 Å². The van der Waals surface area contributed by atoms with E-state index in [0.717, 1.165) is 11.3 Å². The van der Waals surface area contributed by atoms with Crippen LogP contribution in [0.2, 0.25) is 0 Å². The van der Waals surface area contributed by atoms with E-state index in [1.165, 1.54) is 6.92 Å². The minimum atomic E-state index is 0.0406. The van der Waals surface area contributed by atoms with Gasteiger partial charge in [0.25, 0.3) is 0 Å². The zero-order chi connectivity index (χ0) is 13.8. The molecule has 2 nitrogen and oxygen atoms in total. The number of carbonyl (C=O) groups excluding carboxylic acids is 1. The molecule has 17 heavy (non-hydrogen) atoms. The Hall–Kier alpha value is -1.57. The number of aromatic nitrogens is 1. The molecule has 1 N–H and O–H groups in total. The van der Waals surface area contributed by atoms with Crippen molar-refractivity contribution in [1.29, 1.82) is 0 Å². The zero-order valence-corrected chi connectivity index (χ0v) is 11.9. The summed E-state index contributed by atoms with van der Waals surface area (Å²) in [6.45, 7) is 15.1. The Kier molecular flexibility index (Phi) is 11.5. The Bertz CT molecular complexity index is 359. The van der Waals surface area contributed by atoms with E-state index in [-0.39, 0.29) is 5.78 Å². The van der Waals surface area contributed by atoms with Crippen molar-refractivity contribution in [3.05, 3.63) is 35.7 Å². The minimum Gasteiger partial charge on any atom is -0.352 e. The maximum atomic E-state index is 11.0. The molecule has 1 rings (SSSR count). The van der Waals surface area contributed by atoms with Crippen molar-refractivity contribution in [3.63, 3.8) is 0 Å². The summed E-state index contributed by atoms with van der Waals surface area (Å²) in [5.41, 5.74) is 2.52. The molecule has 0 amide bonds. The molecule has 1 aromatic heterocycles. The maximum absolute atomic E-state index is 11.0. The molecule has 1 aromatic rings. The Morgan fingerprint density at radius 3 is 2.18 bits per heavy atom. The van der Waals surface area contributed by atoms with Crippen molar-refractivity contribution >= 4 is 17.9 Å². The minimum absolute atomic E-state index is 0.0406. The van der Waals surface area contributed by atoms with Gasteiger partial charge in [-0.15, -0.1) is 0 Å². The lowest BCUT2D eigenvalue weighted by atomic mass is 10.2. The Labute approximate surface area is 105 Å². The number of allylic oxidation sites excluding steroid dienone is 1. The van der Waals surface area contributed by atoms with Gasteiger partial charge in [0, 0.05) is 12.6 Å². The average Bonchev–Trinajstić information content (AvgIpc) is 2.78. The second-order valence-electron chi connectivity index (χ2n) is 2.81. The summed E-state index contributed by atoms with van der Waals surface area (Å²) in [7, 11) is 0. The lowest BCUT2D eigenvalue weighted by Crippen LogP contribution is -1.90. The van der Waals surface area contributed by atoms with Gasteiger partial charge in [-0.2, -0.15) is 0 Å². The van der Waals surface area contributed by atoms with Gasteiger partial charge < -0.3 is 4.98 Å². The predicted octanol–water partition coefficient (Wildman–Crippen LogP) is 4.95. The third-order valence-electron chi connectivity index (χ3n) is 1.81. The van der Waals surface area contributed by atoms with Gasteiger partial charge in [-0.25, -0.2) is 0 Å². The molecular formula is C15H25NO. The van der Waals surface area contributed by atoms with Crippen LogP contribution in [0.25, 0.3) is 12.2 Å². The lowest BCUT2D eigenvalue weighted by Gasteiger charge is -1.88. The van der Waals surface area contributed by atoms with E-state index in [0.29, 0.717) is 5.69 Å². The highest BCUT2D eigenvalue weighted by molar-refractivity contribution is 5.93. The van der Waals surface area contributed by atoms with Crippen LogP contribution < -0.4 is 0 Å². The van der Waals surface area contributed by atoms with Gasteiger partial charge in [-0.1, -0.05) is 46.4 Å². The number of aromatic amines is 1. The Balaban J connectivity index is 0. The molecule has 0 saturated carbocycles. The summed E-state index contributed by atoms with van der Waals surface area (Å²) in [6.07, 6.45) is 5.59. The van der Waals surface area contributed by atoms with Crippen LogP contribution in [0.15, 0.2) is 18.7 Å². The first-order valence-electron chi connectivity index (χ1n) is 6.18. The molecule has 0 aromatic carbocycles. The second kappa shape index (κ2) is 10.9. The molecule has 1 heterocycles. The number of hydrogen-bond donors (Lipinski definition) is 1. The summed E-state index contributed by atoms with van der Waals surface area (Å²) in [4.78, 5) is 14.0. The van der Waals surface area contributed by atoms with E-state index in [9.17, 15) is 4.79 Å². The van der Waals surface area contributed by atoms with Gasteiger partial charge in [0.15, 0.2) is 5.78 Å². The van der Waals surface area contributed by atoms with Crippen LogP contribution >= 0.6 is 0 Å². The quantitative estimate of drug-likeness (QED) is 0.739. The fourth-order valence-corrected chi connectivity index (χ4v) is 1.16. The predicted molar refractivity (Wildman–Crippen MR) is 78.3 cm³/mol. The van der Waals surface area contributed by atoms with Gasteiger partial charge in [-0.3, -0.25) is 4.79 Å². The highest BCUT2D eigenvalue weighted by atomic mass is 16.1. The molecule has 96 valence electrons. The van der Waals surface area contributed by atoms with E-state index < -0.39 is 0 Å². The van der Waals surface area contributed by atoms with Crippen LogP contribution in [0.4, 0.5) is 0 Å². The summed E-state index contributed by atoms with van der Waals surface area (Å²) in [6, 6.07) is 1.83. The van der Waals surface area contributed by atoms with E-state index in [2.05, 4.69) is 11.6 Å². The molecule has 0 spiro atoms. The molecule has 2 heteroatoms. The molecule has 0 bridgehead atoms. The van der Waals surface area contributed by atoms with Crippen molar-refractivity contribution in [1.82, 2.24) is 4.98 Å². The smallest absolute Gasteiger partial charge is 0.175 e. The van der Waals surface area contributed by atoms with Crippen LogP contribution in [0, 0.1) is 0 Å².